The number of fused-ring (bicyclic) bond motifs is 3. The maximum atomic E-state index is 2.39. The summed E-state index contributed by atoms with van der Waals surface area (Å²) in [6.45, 7) is 0. The minimum Gasteiger partial charge on any atom is -0.310 e. The molecule has 0 aromatic heterocycles. The van der Waals surface area contributed by atoms with Crippen molar-refractivity contribution in [3.8, 4) is 33.4 Å². The zero-order valence-electron chi connectivity index (χ0n) is 27.0. The number of hydrogen-bond acceptors (Lipinski definition) is 1. The first-order chi connectivity index (χ1) is 24.3. The molecule has 0 aliphatic rings. The molecule has 0 aliphatic carbocycles. The van der Waals surface area contributed by atoms with Crippen LogP contribution >= 0.6 is 0 Å². The summed E-state index contributed by atoms with van der Waals surface area (Å²) in [6.07, 6.45) is 0. The van der Waals surface area contributed by atoms with Crippen molar-refractivity contribution >= 4 is 49.4 Å². The number of benzene rings is 9. The van der Waals surface area contributed by atoms with Gasteiger partial charge in [0.15, 0.2) is 0 Å². The van der Waals surface area contributed by atoms with Crippen molar-refractivity contribution in [3.63, 3.8) is 0 Å². The molecule has 0 aliphatic heterocycles. The van der Waals surface area contributed by atoms with Gasteiger partial charge >= 0.3 is 0 Å². The van der Waals surface area contributed by atoms with Crippen molar-refractivity contribution in [1.82, 2.24) is 0 Å². The lowest BCUT2D eigenvalue weighted by atomic mass is 9.97. The number of nitrogens with zero attached hydrogens (tertiary/aromatic N) is 1. The molecule has 0 amide bonds. The van der Waals surface area contributed by atoms with E-state index in [4.69, 9.17) is 0 Å². The van der Waals surface area contributed by atoms with Crippen molar-refractivity contribution in [1.29, 1.82) is 0 Å². The predicted octanol–water partition coefficient (Wildman–Crippen LogP) is 13.6. The number of anilines is 3. The summed E-state index contributed by atoms with van der Waals surface area (Å²) in [5.74, 6) is 0. The van der Waals surface area contributed by atoms with Crippen molar-refractivity contribution in [3.05, 3.63) is 200 Å². The van der Waals surface area contributed by atoms with Crippen LogP contribution < -0.4 is 4.90 Å². The van der Waals surface area contributed by atoms with E-state index in [0.29, 0.717) is 0 Å². The Morgan fingerprint density at radius 3 is 1.55 bits per heavy atom. The van der Waals surface area contributed by atoms with Gasteiger partial charge in [0.05, 0.1) is 5.69 Å². The molecule has 1 nitrogen and oxygen atoms in total. The number of rotatable bonds is 6. The second-order valence-electron chi connectivity index (χ2n) is 12.6. The largest absolute Gasteiger partial charge is 0.310 e. The van der Waals surface area contributed by atoms with Crippen molar-refractivity contribution in [2.75, 3.05) is 4.90 Å². The highest BCUT2D eigenvalue weighted by Gasteiger charge is 2.17. The Bertz CT molecular complexity index is 2590. The summed E-state index contributed by atoms with van der Waals surface area (Å²) in [5.41, 5.74) is 10.7. The molecule has 49 heavy (non-hydrogen) atoms. The second kappa shape index (κ2) is 12.3. The zero-order valence-corrected chi connectivity index (χ0v) is 27.0. The molecular formula is C48H33N. The zero-order chi connectivity index (χ0) is 32.6. The van der Waals surface area contributed by atoms with Crippen LogP contribution in [0.1, 0.15) is 0 Å². The highest BCUT2D eigenvalue weighted by Crippen LogP contribution is 2.41. The van der Waals surface area contributed by atoms with Gasteiger partial charge in [0, 0.05) is 16.8 Å². The van der Waals surface area contributed by atoms with Crippen molar-refractivity contribution < 1.29 is 0 Å². The molecule has 0 fully saturated rings. The van der Waals surface area contributed by atoms with Gasteiger partial charge in [0.1, 0.15) is 0 Å². The molecule has 0 unspecified atom stereocenters. The Morgan fingerprint density at radius 2 is 0.796 bits per heavy atom. The van der Waals surface area contributed by atoms with Gasteiger partial charge in [0.2, 0.25) is 0 Å². The molecule has 230 valence electrons. The van der Waals surface area contributed by atoms with Gasteiger partial charge in [0.25, 0.3) is 0 Å². The summed E-state index contributed by atoms with van der Waals surface area (Å²) < 4.78 is 0. The van der Waals surface area contributed by atoms with Gasteiger partial charge < -0.3 is 4.90 Å². The van der Waals surface area contributed by atoms with Crippen LogP contribution in [0.2, 0.25) is 0 Å². The molecule has 0 heterocycles. The van der Waals surface area contributed by atoms with Crippen LogP contribution in [0.5, 0.6) is 0 Å². The van der Waals surface area contributed by atoms with Crippen LogP contribution in [0.15, 0.2) is 200 Å². The van der Waals surface area contributed by atoms with Crippen molar-refractivity contribution in [2.24, 2.45) is 0 Å². The van der Waals surface area contributed by atoms with Crippen LogP contribution in [0, 0.1) is 0 Å². The first kappa shape index (κ1) is 28.8. The molecule has 9 aromatic carbocycles. The maximum Gasteiger partial charge on any atom is 0.0540 e. The van der Waals surface area contributed by atoms with Crippen LogP contribution in [0.25, 0.3) is 65.7 Å². The quantitative estimate of drug-likeness (QED) is 0.178. The van der Waals surface area contributed by atoms with E-state index in [-0.39, 0.29) is 0 Å². The average Bonchev–Trinajstić information content (AvgIpc) is 3.18. The molecule has 0 atom stereocenters. The molecule has 9 aromatic rings. The van der Waals surface area contributed by atoms with Crippen molar-refractivity contribution in [2.45, 2.75) is 0 Å². The Morgan fingerprint density at radius 1 is 0.265 bits per heavy atom. The summed E-state index contributed by atoms with van der Waals surface area (Å²) in [6, 6.07) is 72.5. The van der Waals surface area contributed by atoms with Crippen LogP contribution in [0.4, 0.5) is 17.1 Å². The first-order valence-electron chi connectivity index (χ1n) is 16.8. The van der Waals surface area contributed by atoms with E-state index in [2.05, 4.69) is 205 Å². The van der Waals surface area contributed by atoms with Gasteiger partial charge in [-0.1, -0.05) is 158 Å². The van der Waals surface area contributed by atoms with E-state index in [1.165, 1.54) is 65.7 Å². The highest BCUT2D eigenvalue weighted by molar-refractivity contribution is 6.00. The van der Waals surface area contributed by atoms with Gasteiger partial charge in [-0.3, -0.25) is 0 Å². The standard InChI is InChI=1S/C48H33N/c1-2-11-34(12-3-1)39-23-24-42-32-40(25-26-41(42)31-39)38-17-8-18-44(33-38)49(48-22-10-16-36-14-5-7-20-47(36)48)43-29-27-37(28-30-43)46-21-9-15-35-13-4-6-19-45(35)46/h1-33H. The molecule has 9 rings (SSSR count). The monoisotopic (exact) mass is 623 g/mol. The van der Waals surface area contributed by atoms with Crippen LogP contribution in [-0.2, 0) is 0 Å². The third-order valence-electron chi connectivity index (χ3n) is 9.62. The fraction of sp³-hybridized carbons (Fsp3) is 0. The Balaban J connectivity index is 1.14. The fourth-order valence-corrected chi connectivity index (χ4v) is 7.16. The van der Waals surface area contributed by atoms with E-state index >= 15 is 0 Å². The summed E-state index contributed by atoms with van der Waals surface area (Å²) in [5, 5.41) is 7.43. The average molecular weight is 624 g/mol. The molecule has 0 saturated heterocycles. The van der Waals surface area contributed by atoms with Crippen LogP contribution in [-0.4, -0.2) is 0 Å². The first-order valence-corrected chi connectivity index (χ1v) is 16.8. The highest BCUT2D eigenvalue weighted by atomic mass is 15.1. The van der Waals surface area contributed by atoms with Gasteiger partial charge in [-0.2, -0.15) is 0 Å². The minimum absolute atomic E-state index is 1.12. The molecule has 0 N–H and O–H groups in total. The van der Waals surface area contributed by atoms with E-state index in [1.54, 1.807) is 0 Å². The van der Waals surface area contributed by atoms with Gasteiger partial charge in [-0.05, 0) is 103 Å². The van der Waals surface area contributed by atoms with E-state index < -0.39 is 0 Å². The van der Waals surface area contributed by atoms with E-state index in [1.807, 2.05) is 0 Å². The lowest BCUT2D eigenvalue weighted by Crippen LogP contribution is -2.10. The smallest absolute Gasteiger partial charge is 0.0540 e. The maximum absolute atomic E-state index is 2.39. The molecular weight excluding hydrogens is 591 g/mol. The summed E-state index contributed by atoms with van der Waals surface area (Å²) >= 11 is 0. The fourth-order valence-electron chi connectivity index (χ4n) is 7.16. The van der Waals surface area contributed by atoms with E-state index in [0.717, 1.165) is 17.1 Å². The Kier molecular flexibility index (Phi) is 7.22. The molecule has 0 radical (unpaired) electrons. The number of hydrogen-bond donors (Lipinski definition) is 0. The molecule has 0 bridgehead atoms. The molecule has 1 heteroatoms. The summed E-state index contributed by atoms with van der Waals surface area (Å²) in [4.78, 5) is 2.39. The second-order valence-corrected chi connectivity index (χ2v) is 12.6. The van der Waals surface area contributed by atoms with Gasteiger partial charge in [-0.25, -0.2) is 0 Å². The molecule has 0 spiro atoms. The lowest BCUT2D eigenvalue weighted by molar-refractivity contribution is 1.30. The normalized spacial score (nSPS) is 11.3. The predicted molar refractivity (Wildman–Crippen MR) is 210 cm³/mol. The van der Waals surface area contributed by atoms with Gasteiger partial charge in [-0.15, -0.1) is 0 Å². The lowest BCUT2D eigenvalue weighted by Gasteiger charge is -2.27. The summed E-state index contributed by atoms with van der Waals surface area (Å²) in [7, 11) is 0. The third kappa shape index (κ3) is 5.42. The Hall–Kier alpha value is -6.44. The van der Waals surface area contributed by atoms with Crippen LogP contribution in [0.3, 0.4) is 0 Å². The minimum atomic E-state index is 1.12. The SMILES string of the molecule is c1ccc(-c2ccc3cc(-c4cccc(N(c5ccc(-c6cccc7ccccc67)cc5)c5cccc6ccccc56)c4)ccc3c2)cc1. The topological polar surface area (TPSA) is 3.24 Å². The van der Waals surface area contributed by atoms with E-state index in [9.17, 15) is 0 Å². The Labute approximate surface area is 287 Å². The molecule has 0 saturated carbocycles. The third-order valence-corrected chi connectivity index (χ3v) is 9.62.